The minimum atomic E-state index is -2.06. The molecule has 5 heterocycles. The largest absolute Gasteiger partial charge is 0.508 e. The normalized spacial score (nSPS) is 22.4. The highest BCUT2D eigenvalue weighted by Gasteiger charge is 2.49. The zero-order chi connectivity index (χ0) is 74.2. The lowest BCUT2D eigenvalue weighted by atomic mass is 9.95. The summed E-state index contributed by atoms with van der Waals surface area (Å²) in [5, 5.41) is 52.2. The van der Waals surface area contributed by atoms with E-state index in [0.29, 0.717) is 62.5 Å². The molecule has 0 spiro atoms. The maximum atomic E-state index is 15.2. The zero-order valence-electron chi connectivity index (χ0n) is 56.3. The Balaban J connectivity index is 0.989. The molecule has 104 heavy (non-hydrogen) atoms. The summed E-state index contributed by atoms with van der Waals surface area (Å²) < 4.78 is 29.9. The van der Waals surface area contributed by atoms with Gasteiger partial charge in [-0.15, -0.1) is 0 Å². The number of imidazole rings is 1. The van der Waals surface area contributed by atoms with Crippen molar-refractivity contribution in [2.45, 2.75) is 124 Å². The number of amides is 10. The molecule has 3 aromatic heterocycles. The van der Waals surface area contributed by atoms with E-state index in [1.54, 1.807) is 12.1 Å². The Morgan fingerprint density at radius 3 is 1.68 bits per heavy atom. The summed E-state index contributed by atoms with van der Waals surface area (Å²) in [6, 6.07) is 15.5. The van der Waals surface area contributed by atoms with Gasteiger partial charge in [0.1, 0.15) is 82.9 Å². The number of benzene rings is 5. The van der Waals surface area contributed by atoms with Crippen molar-refractivity contribution in [3.63, 3.8) is 0 Å². The van der Waals surface area contributed by atoms with E-state index in [0.717, 1.165) is 17.2 Å². The Hall–Kier alpha value is -11.3. The molecule has 32 heteroatoms. The van der Waals surface area contributed by atoms with Gasteiger partial charge in [0, 0.05) is 102 Å². The summed E-state index contributed by atoms with van der Waals surface area (Å²) in [5.74, 6) is -11.1. The number of phenolic OH excluding ortho intramolecular Hbond substituents is 2. The molecule has 1 fully saturated rings. The number of carboxylic acid groups (broad SMARTS) is 1. The van der Waals surface area contributed by atoms with E-state index in [9.17, 15) is 53.3 Å². The van der Waals surface area contributed by atoms with E-state index >= 15 is 23.6 Å². The number of hydrogen-bond acceptors (Lipinski definition) is 15. The summed E-state index contributed by atoms with van der Waals surface area (Å²) in [5.41, 5.74) is 8.68. The van der Waals surface area contributed by atoms with Crippen molar-refractivity contribution in [3.05, 3.63) is 185 Å². The van der Waals surface area contributed by atoms with Crippen LogP contribution in [0.4, 0.5) is 8.78 Å². The maximum absolute atomic E-state index is 15.2. The monoisotopic (exact) mass is 1470 g/mol. The van der Waals surface area contributed by atoms with E-state index in [2.05, 4.69) is 62.5 Å². The predicted octanol–water partition coefficient (Wildman–Crippen LogP) is 2.42. The van der Waals surface area contributed by atoms with Gasteiger partial charge >= 0.3 is 5.97 Å². The maximum Gasteiger partial charge on any atom is 0.305 e. The third kappa shape index (κ3) is 20.1. The minimum absolute atomic E-state index is 0.0117. The van der Waals surface area contributed by atoms with Crippen molar-refractivity contribution in [2.24, 2.45) is 5.73 Å². The van der Waals surface area contributed by atoms with Crippen LogP contribution in [-0.2, 0) is 96.3 Å². The number of nitrogens with two attached hydrogens (primary N) is 1. The van der Waals surface area contributed by atoms with Gasteiger partial charge in [0.15, 0.2) is 0 Å². The number of aromatic nitrogens is 4. The molecule has 546 valence electrons. The Bertz CT molecular complexity index is 4480. The van der Waals surface area contributed by atoms with Crippen molar-refractivity contribution in [1.29, 1.82) is 0 Å². The van der Waals surface area contributed by atoms with Gasteiger partial charge in [0.2, 0.25) is 65.4 Å². The lowest BCUT2D eigenvalue weighted by molar-refractivity contribution is -0.376. The molecule has 2 bridgehead atoms. The number of H-pyrrole nitrogens is 4. The molecule has 5 aromatic carbocycles. The molecule has 10 amide bonds. The van der Waals surface area contributed by atoms with Crippen LogP contribution in [0.3, 0.4) is 0 Å². The Labute approximate surface area is 602 Å². The van der Waals surface area contributed by atoms with Crippen molar-refractivity contribution in [2.75, 3.05) is 24.6 Å². The fourth-order valence-corrected chi connectivity index (χ4v) is 14.4. The lowest BCUT2D eigenvalue weighted by Gasteiger charge is -2.37. The molecule has 0 saturated carbocycles. The number of halogens is 2. The molecule has 17 N–H and O–H groups in total. The van der Waals surface area contributed by atoms with Crippen molar-refractivity contribution in [3.8, 4) is 11.5 Å². The third-order valence-electron chi connectivity index (χ3n) is 18.0. The second kappa shape index (κ2) is 34.6. The first-order valence-corrected chi connectivity index (χ1v) is 35.7. The molecule has 2 aliphatic heterocycles. The number of primary amides is 1. The molecule has 0 aliphatic carbocycles. The smallest absolute Gasteiger partial charge is 0.305 e. The van der Waals surface area contributed by atoms with Crippen LogP contribution < -0.4 is 53.3 Å². The second-order valence-electron chi connectivity index (χ2n) is 25.7. The highest BCUT2D eigenvalue weighted by atomic mass is 32.2. The molecule has 0 unspecified atom stereocenters. The van der Waals surface area contributed by atoms with Crippen LogP contribution in [0, 0.1) is 11.6 Å². The van der Waals surface area contributed by atoms with Gasteiger partial charge in [-0.2, -0.15) is 23.5 Å². The number of phenols is 2. The number of carbonyl (C=O) groups excluding carboxylic acids is 10. The molecule has 10 rings (SSSR count). The lowest BCUT2D eigenvalue weighted by Crippen LogP contribution is -2.63. The van der Waals surface area contributed by atoms with Crippen LogP contribution in [0.2, 0.25) is 0 Å². The number of carbonyl (C=O) groups is 11. The number of aromatic hydroxyl groups is 2. The van der Waals surface area contributed by atoms with Gasteiger partial charge in [-0.05, 0) is 114 Å². The molecule has 0 radical (unpaired) electrons. The zero-order valence-corrected chi connectivity index (χ0v) is 57.9. The molecular formula is C72H79F2N14O14S2+. The van der Waals surface area contributed by atoms with E-state index in [-0.39, 0.29) is 66.9 Å². The number of aromatic amines is 4. The summed E-state index contributed by atoms with van der Waals surface area (Å²) >= 11 is 2.75. The predicted molar refractivity (Wildman–Crippen MR) is 379 cm³/mol. The van der Waals surface area contributed by atoms with Crippen LogP contribution in [0.5, 0.6) is 11.5 Å². The van der Waals surface area contributed by atoms with Gasteiger partial charge in [-0.3, -0.25) is 57.7 Å². The average molecular weight is 1470 g/mol. The van der Waals surface area contributed by atoms with Gasteiger partial charge in [0.25, 0.3) is 0 Å². The second-order valence-corrected chi connectivity index (χ2v) is 27.9. The van der Waals surface area contributed by atoms with Crippen molar-refractivity contribution >= 4 is 110 Å². The number of nitrogens with one attached hydrogen (secondary N) is 12. The van der Waals surface area contributed by atoms with E-state index in [1.807, 2.05) is 24.3 Å². The topological polar surface area (TPSA) is 435 Å². The van der Waals surface area contributed by atoms with Crippen LogP contribution in [-0.4, -0.2) is 173 Å². The van der Waals surface area contributed by atoms with E-state index in [1.165, 1.54) is 127 Å². The number of hydrogen-bond donors (Lipinski definition) is 15. The van der Waals surface area contributed by atoms with Gasteiger partial charge in [0.05, 0.1) is 13.0 Å². The van der Waals surface area contributed by atoms with Crippen LogP contribution in [0.15, 0.2) is 134 Å². The van der Waals surface area contributed by atoms with Crippen LogP contribution in [0.25, 0.3) is 21.8 Å². The Kier molecular flexibility index (Phi) is 25.1. The minimum Gasteiger partial charge on any atom is -0.508 e. The highest BCUT2D eigenvalue weighted by molar-refractivity contribution is 7.98. The number of thioether (sulfide) groups is 2. The average Bonchev–Trinajstić information content (AvgIpc) is 1.51. The first kappa shape index (κ1) is 75.4. The van der Waals surface area contributed by atoms with Gasteiger partial charge < -0.3 is 78.5 Å². The first-order chi connectivity index (χ1) is 49.8. The van der Waals surface area contributed by atoms with Crippen molar-refractivity contribution < 1.29 is 81.8 Å². The fraction of sp³-hybridized carbons (Fsp3) is 0.333. The number of rotatable bonds is 13. The SMILES string of the molecule is C[C@@]12CCCN1C(=O)[C@H](Cc1ccc(O)cc1)NC(=O)[C@H](Cc1c[nH+]c[nH]1)NC(=O)[C@H](CC(=O)O)NC(=O)[C@H](Cc1c[nH]c3ccc(F)cc13)NC(=O)[C@H](Cc1c[nH]c3ccc(F)cc13)NC(=O)CNC(=O)[C@H](Cc1ccc(O)cc1)NC(=O)CCSCc1cccc(c1)CSC[C@@H](C(N)=O)NC2=O. The van der Waals surface area contributed by atoms with Crippen molar-refractivity contribution in [1.82, 2.24) is 62.4 Å². The molecule has 8 atom stereocenters. The summed E-state index contributed by atoms with van der Waals surface area (Å²) in [4.78, 5) is 171. The van der Waals surface area contributed by atoms with Gasteiger partial charge in [-0.1, -0.05) is 48.5 Å². The first-order valence-electron chi connectivity index (χ1n) is 33.4. The summed E-state index contributed by atoms with van der Waals surface area (Å²) in [6.45, 7) is 0.732. The Morgan fingerprint density at radius 1 is 0.596 bits per heavy atom. The molecule has 8 aromatic rings. The third-order valence-corrected chi connectivity index (χ3v) is 20.2. The van der Waals surface area contributed by atoms with Gasteiger partial charge in [-0.25, -0.2) is 13.8 Å². The number of aliphatic carboxylic acids is 1. The standard InChI is InChI=1S/C72H78F2N14O14S2/c1-72-19-3-20-88(72)70(101)59(24-40-8-14-49(90)15-9-40)86-68(99)57(29-47-33-76-38-80-47)84-69(100)58(30-63(93)94)85-67(98)56(26-44-32-78-53-17-11-46(74)28-51(44)53)83-66(97)55(25-43-31-77-52-16-10-45(73)27-50(43)52)82-62(92)34-79-65(96)54(23-39-6-12-48(89)13-7-39)81-61(91)18-21-103-35-41-4-2-5-42(22-41)36-104-37-60(64(75)95)87-71(72)102/h2,4-17,22,27-28,31-33,38,54-60,77-78,89-90H,3,18-21,23-26,29-30,34-37H2,1H3,(H2,75,95)(H,76,80)(H,79,96)(H,81,91)(H,82,92)(H,83,97)(H,84,100)(H,85,98)(H,86,99)(H,87,102)(H,93,94)/p+1/t54-,55-,56-,57-,58-,59-,60-,72-/m0/s1. The van der Waals surface area contributed by atoms with E-state index in [4.69, 9.17) is 5.73 Å². The van der Waals surface area contributed by atoms with Crippen LogP contribution in [0.1, 0.15) is 71.7 Å². The molecule has 1 saturated heterocycles. The fourth-order valence-electron chi connectivity index (χ4n) is 12.5. The van der Waals surface area contributed by atoms with Crippen LogP contribution >= 0.6 is 23.5 Å². The molecule has 28 nitrogen and oxygen atoms in total. The highest BCUT2D eigenvalue weighted by Crippen LogP contribution is 2.32. The molecular weight excluding hydrogens is 1390 g/mol. The molecule has 2 aliphatic rings. The summed E-state index contributed by atoms with van der Waals surface area (Å²) in [7, 11) is 0. The number of carboxylic acids is 1. The summed E-state index contributed by atoms with van der Waals surface area (Å²) in [6.07, 6.45) is 3.40. The number of fused-ring (bicyclic) bond motifs is 5. The van der Waals surface area contributed by atoms with E-state index < -0.39 is 150 Å². The quantitative estimate of drug-likeness (QED) is 0.0788. The Morgan fingerprint density at radius 2 is 1.12 bits per heavy atom. The number of nitrogens with zero attached hydrogens (tertiary/aromatic N) is 1.